The van der Waals surface area contributed by atoms with Crippen LogP contribution in [0.2, 0.25) is 0 Å². The molecule has 3 heterocycles. The van der Waals surface area contributed by atoms with Crippen molar-refractivity contribution in [3.63, 3.8) is 0 Å². The van der Waals surface area contributed by atoms with Crippen LogP contribution in [-0.2, 0) is 31.7 Å². The van der Waals surface area contributed by atoms with E-state index < -0.39 is 5.54 Å². The van der Waals surface area contributed by atoms with Crippen molar-refractivity contribution in [3.05, 3.63) is 83.7 Å². The van der Waals surface area contributed by atoms with Gasteiger partial charge in [0, 0.05) is 68.9 Å². The second-order valence-electron chi connectivity index (χ2n) is 13.4. The minimum Gasteiger partial charge on any atom is -0.356 e. The summed E-state index contributed by atoms with van der Waals surface area (Å²) in [5.74, 6) is 2.63. The molecule has 9 heteroatoms. The van der Waals surface area contributed by atoms with Crippen LogP contribution in [-0.4, -0.2) is 47.8 Å². The number of nitriles is 1. The van der Waals surface area contributed by atoms with Crippen LogP contribution in [0.5, 0.6) is 0 Å². The number of ketones is 1. The van der Waals surface area contributed by atoms with E-state index in [9.17, 15) is 14.9 Å². The number of hydrogen-bond donors (Lipinski definition) is 1. The van der Waals surface area contributed by atoms with E-state index in [1.165, 1.54) is 19.3 Å². The fourth-order valence-electron chi connectivity index (χ4n) is 8.77. The number of amides is 1. The topological polar surface area (TPSA) is 109 Å². The molecule has 0 spiro atoms. The Morgan fingerprint density at radius 2 is 1.52 bits per heavy atom. The standard InChI is InChI=1S/C33H37N7O2/c1-38-20-35-17-27(38)14-33(15-28-18-36-21-39(28)2)31(42)40(19-32-11-23-7-24(12-32)9-25(8-23)13-32)30(37-33)10-29(41)26-5-3-22(16-34)4-6-26/h3-6,10,17-18,20-21,23-25,37H,7-9,11-15,19H2,1-2H3/b30-10-. The average molecular weight is 564 g/mol. The number of nitrogens with zero attached hydrogens (tertiary/aromatic N) is 6. The highest BCUT2D eigenvalue weighted by Gasteiger charge is 2.56. The Labute approximate surface area is 246 Å². The van der Waals surface area contributed by atoms with Gasteiger partial charge in [-0.1, -0.05) is 0 Å². The van der Waals surface area contributed by atoms with Crippen LogP contribution in [0.3, 0.4) is 0 Å². The van der Waals surface area contributed by atoms with E-state index in [1.807, 2.05) is 40.5 Å². The van der Waals surface area contributed by atoms with Crippen molar-refractivity contribution in [2.45, 2.75) is 56.9 Å². The van der Waals surface area contributed by atoms with Crippen LogP contribution >= 0.6 is 0 Å². The molecule has 8 rings (SSSR count). The molecule has 1 saturated heterocycles. The Kier molecular flexibility index (Phi) is 6.34. The van der Waals surface area contributed by atoms with E-state index >= 15 is 0 Å². The summed E-state index contributed by atoms with van der Waals surface area (Å²) in [7, 11) is 3.88. The molecule has 1 amide bonds. The second-order valence-corrected chi connectivity index (χ2v) is 13.4. The van der Waals surface area contributed by atoms with Crippen LogP contribution in [0.15, 0.2) is 61.2 Å². The number of rotatable bonds is 8. The van der Waals surface area contributed by atoms with Gasteiger partial charge in [-0.05, 0) is 86.0 Å². The number of benzene rings is 1. The molecule has 2 aromatic heterocycles. The number of carbonyl (C=O) groups excluding carboxylic acids is 2. The molecule has 4 bridgehead atoms. The Bertz CT molecular complexity index is 1530. The van der Waals surface area contributed by atoms with E-state index in [0.29, 0.717) is 36.3 Å². The van der Waals surface area contributed by atoms with Crippen molar-refractivity contribution < 1.29 is 9.59 Å². The highest BCUT2D eigenvalue weighted by molar-refractivity contribution is 6.06. The number of hydrogen-bond acceptors (Lipinski definition) is 6. The maximum Gasteiger partial charge on any atom is 0.254 e. The number of allylic oxidation sites excluding steroid dienone is 1. The lowest BCUT2D eigenvalue weighted by molar-refractivity contribution is -0.136. The lowest BCUT2D eigenvalue weighted by Crippen LogP contribution is -2.54. The quantitative estimate of drug-likeness (QED) is 0.329. The molecule has 4 aliphatic carbocycles. The molecule has 42 heavy (non-hydrogen) atoms. The molecule has 0 radical (unpaired) electrons. The minimum absolute atomic E-state index is 0.000441. The summed E-state index contributed by atoms with van der Waals surface area (Å²) in [4.78, 5) is 39.0. The van der Waals surface area contributed by atoms with Gasteiger partial charge in [0.25, 0.3) is 5.91 Å². The summed E-state index contributed by atoms with van der Waals surface area (Å²) in [6.07, 6.45) is 17.1. The first-order chi connectivity index (χ1) is 20.2. The van der Waals surface area contributed by atoms with E-state index in [1.54, 1.807) is 43.0 Å². The van der Waals surface area contributed by atoms with E-state index in [2.05, 4.69) is 21.4 Å². The summed E-state index contributed by atoms with van der Waals surface area (Å²) >= 11 is 0. The number of carbonyl (C=O) groups is 2. The van der Waals surface area contributed by atoms with Gasteiger partial charge < -0.3 is 14.5 Å². The van der Waals surface area contributed by atoms with Gasteiger partial charge in [-0.25, -0.2) is 9.97 Å². The summed E-state index contributed by atoms with van der Waals surface area (Å²) in [5.41, 5.74) is 1.96. The maximum absolute atomic E-state index is 14.9. The Balaban J connectivity index is 1.29. The van der Waals surface area contributed by atoms with Crippen molar-refractivity contribution in [2.75, 3.05) is 6.54 Å². The van der Waals surface area contributed by atoms with Crippen LogP contribution in [0, 0.1) is 34.5 Å². The van der Waals surface area contributed by atoms with Crippen LogP contribution < -0.4 is 5.32 Å². The van der Waals surface area contributed by atoms with Gasteiger partial charge in [0.2, 0.25) is 0 Å². The Hall–Kier alpha value is -4.19. The van der Waals surface area contributed by atoms with E-state index in [4.69, 9.17) is 0 Å². The fraction of sp³-hybridized carbons (Fsp3) is 0.485. The normalized spacial score (nSPS) is 28.3. The molecule has 5 aliphatic rings. The van der Waals surface area contributed by atoms with Crippen molar-refractivity contribution in [1.29, 1.82) is 5.26 Å². The summed E-state index contributed by atoms with van der Waals surface area (Å²) in [6.45, 7) is 0.632. The first-order valence-corrected chi connectivity index (χ1v) is 15.0. The number of imidazole rings is 2. The van der Waals surface area contributed by atoms with E-state index in [-0.39, 0.29) is 17.1 Å². The maximum atomic E-state index is 14.9. The second kappa shape index (κ2) is 9.97. The predicted octanol–water partition coefficient (Wildman–Crippen LogP) is 3.92. The van der Waals surface area contributed by atoms with Crippen LogP contribution in [0.4, 0.5) is 0 Å². The summed E-state index contributed by atoms with van der Waals surface area (Å²) in [5, 5.41) is 12.8. The third kappa shape index (κ3) is 4.63. The van der Waals surface area contributed by atoms with Gasteiger partial charge in [-0.2, -0.15) is 5.26 Å². The molecular weight excluding hydrogens is 526 g/mol. The fourth-order valence-corrected chi connectivity index (χ4v) is 8.77. The lowest BCUT2D eigenvalue weighted by Gasteiger charge is -2.57. The molecule has 3 aromatic rings. The van der Waals surface area contributed by atoms with Gasteiger partial charge in [0.15, 0.2) is 5.78 Å². The first-order valence-electron chi connectivity index (χ1n) is 15.0. The molecular formula is C33H37N7O2. The third-order valence-corrected chi connectivity index (χ3v) is 10.3. The molecule has 9 nitrogen and oxygen atoms in total. The van der Waals surface area contributed by atoms with Crippen molar-refractivity contribution in [1.82, 2.24) is 29.3 Å². The monoisotopic (exact) mass is 563 g/mol. The van der Waals surface area contributed by atoms with Crippen molar-refractivity contribution in [3.8, 4) is 6.07 Å². The van der Waals surface area contributed by atoms with Gasteiger partial charge in [0.05, 0.1) is 24.3 Å². The zero-order valence-corrected chi connectivity index (χ0v) is 24.3. The van der Waals surface area contributed by atoms with Gasteiger partial charge in [-0.3, -0.25) is 14.5 Å². The number of nitrogens with one attached hydrogen (secondary N) is 1. The van der Waals surface area contributed by atoms with Crippen LogP contribution in [0.1, 0.15) is 65.8 Å². The SMILES string of the molecule is Cn1cncc1CC1(Cc2cncn2C)N/C(=C/C(=O)c2ccc(C#N)cc2)N(CC23CC4CC(CC(C4)C2)C3)C1=O. The molecule has 1 N–H and O–H groups in total. The third-order valence-electron chi connectivity index (χ3n) is 10.3. The van der Waals surface area contributed by atoms with Crippen LogP contribution in [0.25, 0.3) is 0 Å². The number of aryl methyl sites for hydroxylation is 2. The minimum atomic E-state index is -0.999. The Morgan fingerprint density at radius 1 is 0.976 bits per heavy atom. The summed E-state index contributed by atoms with van der Waals surface area (Å²) < 4.78 is 3.90. The Morgan fingerprint density at radius 3 is 2.00 bits per heavy atom. The molecule has 0 atom stereocenters. The largest absolute Gasteiger partial charge is 0.356 e. The molecule has 1 aromatic carbocycles. The van der Waals surface area contributed by atoms with E-state index in [0.717, 1.165) is 48.4 Å². The van der Waals surface area contributed by atoms with Crippen molar-refractivity contribution in [2.24, 2.45) is 37.3 Å². The molecule has 5 fully saturated rings. The van der Waals surface area contributed by atoms with Gasteiger partial charge in [0.1, 0.15) is 11.4 Å². The molecule has 0 unspecified atom stereocenters. The molecule has 4 saturated carbocycles. The highest BCUT2D eigenvalue weighted by atomic mass is 16.2. The van der Waals surface area contributed by atoms with Gasteiger partial charge >= 0.3 is 0 Å². The number of aromatic nitrogens is 4. The smallest absolute Gasteiger partial charge is 0.254 e. The van der Waals surface area contributed by atoms with Gasteiger partial charge in [-0.15, -0.1) is 0 Å². The zero-order chi connectivity index (χ0) is 29.1. The first kappa shape index (κ1) is 26.7. The average Bonchev–Trinajstić information content (AvgIpc) is 3.62. The summed E-state index contributed by atoms with van der Waals surface area (Å²) in [6, 6.07) is 8.77. The zero-order valence-electron chi connectivity index (χ0n) is 24.3. The highest BCUT2D eigenvalue weighted by Crippen LogP contribution is 2.60. The molecule has 1 aliphatic heterocycles. The van der Waals surface area contributed by atoms with Crippen molar-refractivity contribution >= 4 is 11.7 Å². The lowest BCUT2D eigenvalue weighted by atomic mass is 9.49. The predicted molar refractivity (Wildman–Crippen MR) is 156 cm³/mol. The molecule has 216 valence electrons.